The highest BCUT2D eigenvalue weighted by Crippen LogP contribution is 2.47. The molecule has 246 valence electrons. The second-order valence-corrected chi connectivity index (χ2v) is 17.2. The van der Waals surface area contributed by atoms with Crippen LogP contribution in [0.1, 0.15) is 21.5 Å². The highest BCUT2D eigenvalue weighted by atomic mass is 31.1. The molecule has 0 saturated carbocycles. The van der Waals surface area contributed by atoms with E-state index in [1.807, 2.05) is 18.2 Å². The Hall–Kier alpha value is -5.39. The molecule has 8 aromatic carbocycles. The van der Waals surface area contributed by atoms with Crippen molar-refractivity contribution in [3.8, 4) is 11.1 Å². The van der Waals surface area contributed by atoms with E-state index in [1.54, 1.807) is 0 Å². The summed E-state index contributed by atoms with van der Waals surface area (Å²) in [6.45, 7) is 4.21. The van der Waals surface area contributed by atoms with E-state index in [1.165, 1.54) is 21.5 Å². The van der Waals surface area contributed by atoms with Crippen molar-refractivity contribution in [2.45, 2.75) is 13.8 Å². The second kappa shape index (κ2) is 14.1. The number of aromatic carboxylic acids is 1. The number of rotatable bonds is 8. The largest absolute Gasteiger partial charge is 0.478 e. The first-order chi connectivity index (χ1) is 25.0. The van der Waals surface area contributed by atoms with Gasteiger partial charge >= 0.3 is 5.97 Å². The SMILES string of the molecule is Cc1ccc2c(-c3c(P(c4ccccc4)c4ccccc4)c(C(=O)O)cc4cc(C)ccc34)c(P(c3ccccc3)c3ccccc3)ccc2c1. The molecule has 0 saturated heterocycles. The van der Waals surface area contributed by atoms with Crippen LogP contribution in [0.3, 0.4) is 0 Å². The fourth-order valence-electron chi connectivity index (χ4n) is 7.19. The fraction of sp³-hybridized carbons (Fsp3) is 0.0426. The average molecular weight is 695 g/mol. The Balaban J connectivity index is 1.61. The number of carbonyl (C=O) groups is 1. The molecule has 0 aliphatic rings. The number of benzene rings is 8. The molecule has 8 aromatic rings. The highest BCUT2D eigenvalue weighted by Gasteiger charge is 2.31. The summed E-state index contributed by atoms with van der Waals surface area (Å²) in [5.41, 5.74) is 4.74. The Morgan fingerprint density at radius 3 is 1.35 bits per heavy atom. The molecule has 0 aliphatic carbocycles. The normalized spacial score (nSPS) is 11.5. The Bertz CT molecular complexity index is 2440. The van der Waals surface area contributed by atoms with Gasteiger partial charge in [-0.3, -0.25) is 0 Å². The van der Waals surface area contributed by atoms with Crippen LogP contribution in [0.4, 0.5) is 0 Å². The maximum absolute atomic E-state index is 13.7. The van der Waals surface area contributed by atoms with Crippen LogP contribution < -0.4 is 31.8 Å². The van der Waals surface area contributed by atoms with Gasteiger partial charge in [0.2, 0.25) is 0 Å². The molecule has 2 nitrogen and oxygen atoms in total. The van der Waals surface area contributed by atoms with Gasteiger partial charge in [0.05, 0.1) is 5.56 Å². The smallest absolute Gasteiger partial charge is 0.336 e. The Kier molecular flexibility index (Phi) is 9.06. The van der Waals surface area contributed by atoms with E-state index in [0.29, 0.717) is 5.56 Å². The van der Waals surface area contributed by atoms with E-state index in [9.17, 15) is 9.90 Å². The van der Waals surface area contributed by atoms with E-state index in [0.717, 1.165) is 54.1 Å². The van der Waals surface area contributed by atoms with E-state index in [4.69, 9.17) is 0 Å². The van der Waals surface area contributed by atoms with E-state index < -0.39 is 21.8 Å². The molecule has 0 aliphatic heterocycles. The standard InChI is InChI=1S/C47H36O2P2/c1-32-23-26-40-34(29-32)25-28-43(50(36-15-7-3-8-16-36)37-17-9-4-10-18-37)44(40)45-41-27-24-33(2)30-35(41)31-42(47(48)49)46(45)51(38-19-11-5-12-20-38)39-21-13-6-14-22-39/h3-31H,1-2H3,(H,48,49). The molecule has 0 atom stereocenters. The number of carboxylic acids is 1. The van der Waals surface area contributed by atoms with Crippen LogP contribution >= 0.6 is 15.8 Å². The maximum atomic E-state index is 13.7. The summed E-state index contributed by atoms with van der Waals surface area (Å²) in [5.74, 6) is -0.917. The van der Waals surface area contributed by atoms with Gasteiger partial charge in [-0.1, -0.05) is 181 Å². The molecular formula is C47H36O2P2. The predicted molar refractivity (Wildman–Crippen MR) is 221 cm³/mol. The van der Waals surface area contributed by atoms with Crippen molar-refractivity contribution in [3.63, 3.8) is 0 Å². The van der Waals surface area contributed by atoms with Gasteiger partial charge in [-0.15, -0.1) is 0 Å². The molecule has 8 rings (SSSR count). The summed E-state index contributed by atoms with van der Waals surface area (Å²) in [5, 5.41) is 22.3. The van der Waals surface area contributed by atoms with Crippen LogP contribution in [0, 0.1) is 13.8 Å². The van der Waals surface area contributed by atoms with Gasteiger partial charge in [-0.05, 0) is 95.0 Å². The number of fused-ring (bicyclic) bond motifs is 2. The van der Waals surface area contributed by atoms with Crippen LogP contribution in [0.2, 0.25) is 0 Å². The van der Waals surface area contributed by atoms with Crippen molar-refractivity contribution in [2.24, 2.45) is 0 Å². The zero-order valence-corrected chi connectivity index (χ0v) is 30.3. The molecule has 0 fully saturated rings. The first-order valence-electron chi connectivity index (χ1n) is 17.1. The minimum Gasteiger partial charge on any atom is -0.478 e. The predicted octanol–water partition coefficient (Wildman–Crippen LogP) is 9.49. The van der Waals surface area contributed by atoms with Gasteiger partial charge in [0.15, 0.2) is 0 Å². The zero-order chi connectivity index (χ0) is 34.9. The minimum absolute atomic E-state index is 0.348. The monoisotopic (exact) mass is 694 g/mol. The van der Waals surface area contributed by atoms with Gasteiger partial charge in [0.1, 0.15) is 0 Å². The van der Waals surface area contributed by atoms with Gasteiger partial charge < -0.3 is 5.11 Å². The van der Waals surface area contributed by atoms with Crippen molar-refractivity contribution in [1.82, 2.24) is 0 Å². The lowest BCUT2D eigenvalue weighted by Crippen LogP contribution is -2.29. The molecule has 0 amide bonds. The molecule has 1 N–H and O–H groups in total. The van der Waals surface area contributed by atoms with Gasteiger partial charge in [0, 0.05) is 5.30 Å². The minimum atomic E-state index is -1.30. The van der Waals surface area contributed by atoms with Crippen LogP contribution in [0.25, 0.3) is 32.7 Å². The molecule has 51 heavy (non-hydrogen) atoms. The summed E-state index contributed by atoms with van der Waals surface area (Å²) in [6, 6.07) is 62.2. The first kappa shape index (κ1) is 32.8. The molecular weight excluding hydrogens is 658 g/mol. The van der Waals surface area contributed by atoms with E-state index >= 15 is 0 Å². The van der Waals surface area contributed by atoms with Crippen molar-refractivity contribution in [1.29, 1.82) is 0 Å². The zero-order valence-electron chi connectivity index (χ0n) is 28.5. The highest BCUT2D eigenvalue weighted by molar-refractivity contribution is 7.81. The molecule has 0 radical (unpaired) electrons. The molecule has 4 heteroatoms. The average Bonchev–Trinajstić information content (AvgIpc) is 3.16. The van der Waals surface area contributed by atoms with Crippen molar-refractivity contribution < 1.29 is 9.90 Å². The quantitative estimate of drug-likeness (QED) is 0.161. The van der Waals surface area contributed by atoms with Crippen LogP contribution in [-0.4, -0.2) is 11.1 Å². The third-order valence-electron chi connectivity index (χ3n) is 9.42. The van der Waals surface area contributed by atoms with Crippen molar-refractivity contribution in [2.75, 3.05) is 0 Å². The van der Waals surface area contributed by atoms with Crippen molar-refractivity contribution in [3.05, 3.63) is 193 Å². The third kappa shape index (κ3) is 6.28. The molecule has 0 bridgehead atoms. The summed E-state index contributed by atoms with van der Waals surface area (Å²) in [6.07, 6.45) is 0. The lowest BCUT2D eigenvalue weighted by atomic mass is 9.91. The summed E-state index contributed by atoms with van der Waals surface area (Å²) < 4.78 is 0. The van der Waals surface area contributed by atoms with Crippen LogP contribution in [0.15, 0.2) is 176 Å². The first-order valence-corrected chi connectivity index (χ1v) is 19.8. The topological polar surface area (TPSA) is 37.3 Å². The fourth-order valence-corrected chi connectivity index (χ4v) is 12.3. The summed E-state index contributed by atoms with van der Waals surface area (Å²) in [4.78, 5) is 13.7. The Morgan fingerprint density at radius 2 is 0.882 bits per heavy atom. The molecule has 0 spiro atoms. The Labute approximate surface area is 301 Å². The molecule has 0 aromatic heterocycles. The van der Waals surface area contributed by atoms with Gasteiger partial charge in [-0.25, -0.2) is 4.79 Å². The Morgan fingerprint density at radius 1 is 0.451 bits per heavy atom. The van der Waals surface area contributed by atoms with Gasteiger partial charge in [-0.2, -0.15) is 0 Å². The van der Waals surface area contributed by atoms with Gasteiger partial charge in [0.25, 0.3) is 0 Å². The maximum Gasteiger partial charge on any atom is 0.336 e. The van der Waals surface area contributed by atoms with Crippen LogP contribution in [0.5, 0.6) is 0 Å². The summed E-state index contributed by atoms with van der Waals surface area (Å²) >= 11 is 0. The molecule has 0 heterocycles. The second-order valence-electron chi connectivity index (χ2n) is 12.9. The lowest BCUT2D eigenvalue weighted by Gasteiger charge is -2.29. The van der Waals surface area contributed by atoms with E-state index in [2.05, 4.69) is 172 Å². The number of hydrogen-bond donors (Lipinski definition) is 1. The summed E-state index contributed by atoms with van der Waals surface area (Å²) in [7, 11) is -2.34. The number of aryl methyl sites for hydroxylation is 2. The van der Waals surface area contributed by atoms with Crippen molar-refractivity contribution >= 4 is 75.2 Å². The molecule has 0 unspecified atom stereocenters. The number of hydrogen-bond acceptors (Lipinski definition) is 1. The lowest BCUT2D eigenvalue weighted by molar-refractivity contribution is 0.0698. The van der Waals surface area contributed by atoms with Crippen LogP contribution in [-0.2, 0) is 0 Å². The number of carboxylic acid groups (broad SMARTS) is 1. The third-order valence-corrected chi connectivity index (χ3v) is 14.4. The van der Waals surface area contributed by atoms with E-state index in [-0.39, 0.29) is 0 Å².